The van der Waals surface area contributed by atoms with Crippen LogP contribution in [0.25, 0.3) is 0 Å². The molecule has 0 saturated carbocycles. The van der Waals surface area contributed by atoms with Crippen LogP contribution in [-0.4, -0.2) is 36.7 Å². The molecule has 0 unspecified atom stereocenters. The molecule has 2 aliphatic rings. The van der Waals surface area contributed by atoms with Gasteiger partial charge in [0.2, 0.25) is 0 Å². The van der Waals surface area contributed by atoms with Gasteiger partial charge in [-0.2, -0.15) is 0 Å². The molecule has 36 heavy (non-hydrogen) atoms. The van der Waals surface area contributed by atoms with Crippen molar-refractivity contribution in [3.8, 4) is 17.2 Å². The molecule has 1 aliphatic heterocycles. The highest BCUT2D eigenvalue weighted by Crippen LogP contribution is 2.47. The fourth-order valence-electron chi connectivity index (χ4n) is 5.01. The van der Waals surface area contributed by atoms with Gasteiger partial charge in [-0.05, 0) is 75.4 Å². The number of dihydropyridines is 1. The van der Waals surface area contributed by atoms with Gasteiger partial charge in [0.15, 0.2) is 17.3 Å². The van der Waals surface area contributed by atoms with E-state index < -0.39 is 11.9 Å². The molecule has 0 spiro atoms. The van der Waals surface area contributed by atoms with Crippen molar-refractivity contribution in [3.63, 3.8) is 0 Å². The summed E-state index contributed by atoms with van der Waals surface area (Å²) in [5.41, 5.74) is 4.17. The highest BCUT2D eigenvalue weighted by atomic mass is 16.5. The van der Waals surface area contributed by atoms with Gasteiger partial charge in [0.1, 0.15) is 5.75 Å². The lowest BCUT2D eigenvalue weighted by Crippen LogP contribution is -2.36. The zero-order valence-electron chi connectivity index (χ0n) is 21.4. The van der Waals surface area contributed by atoms with E-state index in [0.717, 1.165) is 17.0 Å². The highest BCUT2D eigenvalue weighted by molar-refractivity contribution is 6.04. The van der Waals surface area contributed by atoms with Crippen LogP contribution < -0.4 is 14.8 Å². The van der Waals surface area contributed by atoms with Gasteiger partial charge in [-0.25, -0.2) is 4.79 Å². The molecule has 2 N–H and O–H groups in total. The molecule has 1 aliphatic carbocycles. The SMILES string of the molecule is CCOc1cc([C@H]2C(C(=O)OC(C)C)=C(C)NC3=C2C(=O)C[C@H](c2ccc(OC)cc2)C3)ccc1O. The quantitative estimate of drug-likeness (QED) is 0.520. The van der Waals surface area contributed by atoms with Crippen molar-refractivity contribution in [1.29, 1.82) is 0 Å². The van der Waals surface area contributed by atoms with E-state index in [4.69, 9.17) is 14.2 Å². The van der Waals surface area contributed by atoms with Crippen LogP contribution in [0, 0.1) is 0 Å². The number of hydrogen-bond donors (Lipinski definition) is 2. The van der Waals surface area contributed by atoms with Crippen molar-refractivity contribution in [1.82, 2.24) is 5.32 Å². The number of Topliss-reactive ketones (excluding diaryl/α,β-unsaturated/α-hetero) is 1. The minimum atomic E-state index is -0.628. The predicted molar refractivity (Wildman–Crippen MR) is 136 cm³/mol. The molecule has 0 amide bonds. The Morgan fingerprint density at radius 1 is 1.11 bits per heavy atom. The number of aromatic hydroxyl groups is 1. The Morgan fingerprint density at radius 2 is 1.81 bits per heavy atom. The molecule has 2 aromatic carbocycles. The molecule has 2 aromatic rings. The number of rotatable bonds is 7. The number of carbonyl (C=O) groups is 2. The van der Waals surface area contributed by atoms with Crippen molar-refractivity contribution >= 4 is 11.8 Å². The number of hydrogen-bond acceptors (Lipinski definition) is 7. The van der Waals surface area contributed by atoms with Gasteiger partial charge < -0.3 is 24.6 Å². The fraction of sp³-hybridized carbons (Fsp3) is 0.379. The first kappa shape index (κ1) is 25.4. The first-order valence-electron chi connectivity index (χ1n) is 12.3. The number of methoxy groups -OCH3 is 1. The molecule has 4 rings (SSSR count). The Labute approximate surface area is 211 Å². The van der Waals surface area contributed by atoms with Gasteiger partial charge in [0.05, 0.1) is 25.4 Å². The Balaban J connectivity index is 1.79. The maximum absolute atomic E-state index is 13.7. The van der Waals surface area contributed by atoms with Gasteiger partial charge in [-0.3, -0.25) is 4.79 Å². The first-order chi connectivity index (χ1) is 17.2. The molecule has 0 saturated heterocycles. The largest absolute Gasteiger partial charge is 0.504 e. The van der Waals surface area contributed by atoms with Crippen LogP contribution in [0.5, 0.6) is 17.2 Å². The lowest BCUT2D eigenvalue weighted by molar-refractivity contribution is -0.143. The maximum atomic E-state index is 13.7. The van der Waals surface area contributed by atoms with Crippen molar-refractivity contribution in [2.45, 2.75) is 58.5 Å². The summed E-state index contributed by atoms with van der Waals surface area (Å²) in [7, 11) is 1.62. The van der Waals surface area contributed by atoms with Crippen LogP contribution in [0.4, 0.5) is 0 Å². The van der Waals surface area contributed by atoms with Gasteiger partial charge >= 0.3 is 5.97 Å². The van der Waals surface area contributed by atoms with Crippen LogP contribution in [-0.2, 0) is 14.3 Å². The monoisotopic (exact) mass is 491 g/mol. The van der Waals surface area contributed by atoms with E-state index in [0.29, 0.717) is 47.6 Å². The van der Waals surface area contributed by atoms with Crippen molar-refractivity contribution < 1.29 is 28.9 Å². The average molecular weight is 492 g/mol. The number of allylic oxidation sites excluding steroid dienone is 3. The van der Waals surface area contributed by atoms with E-state index in [2.05, 4.69) is 5.32 Å². The average Bonchev–Trinajstić information content (AvgIpc) is 2.84. The van der Waals surface area contributed by atoms with Crippen LogP contribution in [0.1, 0.15) is 63.5 Å². The minimum Gasteiger partial charge on any atom is -0.504 e. The van der Waals surface area contributed by atoms with Crippen LogP contribution in [0.15, 0.2) is 65.0 Å². The predicted octanol–water partition coefficient (Wildman–Crippen LogP) is 5.11. The van der Waals surface area contributed by atoms with E-state index in [1.165, 1.54) is 6.07 Å². The van der Waals surface area contributed by atoms with Crippen molar-refractivity contribution in [2.24, 2.45) is 0 Å². The normalized spacial score (nSPS) is 19.7. The van der Waals surface area contributed by atoms with Gasteiger partial charge in [-0.1, -0.05) is 18.2 Å². The molecule has 2 atom stereocenters. The first-order valence-corrected chi connectivity index (χ1v) is 12.3. The Kier molecular flexibility index (Phi) is 7.38. The number of phenols is 1. The van der Waals surface area contributed by atoms with E-state index in [1.54, 1.807) is 33.1 Å². The maximum Gasteiger partial charge on any atom is 0.337 e. The Morgan fingerprint density at radius 3 is 2.44 bits per heavy atom. The third kappa shape index (κ3) is 4.96. The lowest BCUT2D eigenvalue weighted by Gasteiger charge is -2.37. The summed E-state index contributed by atoms with van der Waals surface area (Å²) in [5, 5.41) is 13.6. The van der Waals surface area contributed by atoms with E-state index >= 15 is 0 Å². The lowest BCUT2D eigenvalue weighted by atomic mass is 9.71. The summed E-state index contributed by atoms with van der Waals surface area (Å²) in [4.78, 5) is 27.0. The zero-order chi connectivity index (χ0) is 26.0. The highest BCUT2D eigenvalue weighted by Gasteiger charge is 2.41. The molecule has 7 nitrogen and oxygen atoms in total. The third-order valence-electron chi connectivity index (χ3n) is 6.59. The molecule has 0 bridgehead atoms. The second-order valence-corrected chi connectivity index (χ2v) is 9.40. The molecular weight excluding hydrogens is 458 g/mol. The molecule has 0 radical (unpaired) electrons. The number of ether oxygens (including phenoxy) is 3. The van der Waals surface area contributed by atoms with Crippen LogP contribution >= 0.6 is 0 Å². The topological polar surface area (TPSA) is 94.1 Å². The molecule has 1 heterocycles. The number of nitrogens with one attached hydrogen (secondary N) is 1. The molecule has 0 aromatic heterocycles. The smallest absolute Gasteiger partial charge is 0.337 e. The summed E-state index contributed by atoms with van der Waals surface area (Å²) < 4.78 is 16.5. The second kappa shape index (κ2) is 10.5. The van der Waals surface area contributed by atoms with Crippen LogP contribution in [0.3, 0.4) is 0 Å². The van der Waals surface area contributed by atoms with Gasteiger partial charge in [0, 0.05) is 29.3 Å². The fourth-order valence-corrected chi connectivity index (χ4v) is 5.01. The number of phenolic OH excluding ortho intramolecular Hbond substituents is 1. The summed E-state index contributed by atoms with van der Waals surface area (Å²) >= 11 is 0. The minimum absolute atomic E-state index is 0.00489. The third-order valence-corrected chi connectivity index (χ3v) is 6.59. The number of carbonyl (C=O) groups excluding carboxylic acids is 2. The summed E-state index contributed by atoms with van der Waals surface area (Å²) in [6.07, 6.45) is 0.643. The van der Waals surface area contributed by atoms with E-state index in [9.17, 15) is 14.7 Å². The number of benzene rings is 2. The summed E-state index contributed by atoms with van der Waals surface area (Å²) in [5.74, 6) is -0.0379. The molecular formula is C29H33NO6. The van der Waals surface area contributed by atoms with Gasteiger partial charge in [-0.15, -0.1) is 0 Å². The molecule has 0 fully saturated rings. The zero-order valence-corrected chi connectivity index (χ0v) is 21.4. The van der Waals surface area contributed by atoms with Crippen LogP contribution in [0.2, 0.25) is 0 Å². The number of esters is 1. The van der Waals surface area contributed by atoms with E-state index in [1.807, 2.05) is 38.1 Å². The molecule has 7 heteroatoms. The van der Waals surface area contributed by atoms with Crippen molar-refractivity contribution in [3.05, 3.63) is 76.1 Å². The van der Waals surface area contributed by atoms with Crippen molar-refractivity contribution in [2.75, 3.05) is 13.7 Å². The summed E-state index contributed by atoms with van der Waals surface area (Å²) in [6, 6.07) is 12.8. The second-order valence-electron chi connectivity index (χ2n) is 9.40. The van der Waals surface area contributed by atoms with E-state index in [-0.39, 0.29) is 23.6 Å². The Hall–Kier alpha value is -3.74. The van der Waals surface area contributed by atoms with Gasteiger partial charge in [0.25, 0.3) is 0 Å². The summed E-state index contributed by atoms with van der Waals surface area (Å²) in [6.45, 7) is 7.62. The standard InChI is InChI=1S/C29H33NO6/c1-6-35-25-15-19(9-12-23(25)31)27-26(29(33)36-16(2)3)17(4)30-22-13-20(14-24(32)28(22)27)18-7-10-21(34-5)11-8-18/h7-12,15-16,20,27,30-31H,6,13-14H2,1-5H3/t20-,27+/m1/s1. The Bertz CT molecular complexity index is 1220. The number of ketones is 1. The molecule has 190 valence electrons.